The van der Waals surface area contributed by atoms with Crippen molar-refractivity contribution in [2.24, 2.45) is 5.92 Å². The van der Waals surface area contributed by atoms with Gasteiger partial charge in [0.2, 0.25) is 11.8 Å². The summed E-state index contributed by atoms with van der Waals surface area (Å²) in [5.41, 5.74) is 3.08. The first-order valence-electron chi connectivity index (χ1n) is 11.9. The van der Waals surface area contributed by atoms with Gasteiger partial charge >= 0.3 is 0 Å². The molecule has 4 nitrogen and oxygen atoms in total. The zero-order valence-corrected chi connectivity index (χ0v) is 21.9. The number of hydrogen-bond acceptors (Lipinski definition) is 3. The molecular weight excluding hydrogens is 476 g/mol. The number of hydrogen-bond donors (Lipinski definition) is 1. The van der Waals surface area contributed by atoms with Gasteiger partial charge < -0.3 is 10.2 Å². The van der Waals surface area contributed by atoms with Gasteiger partial charge in [0.1, 0.15) is 6.04 Å². The lowest BCUT2D eigenvalue weighted by atomic mass is 10.0. The van der Waals surface area contributed by atoms with Crippen LogP contribution in [0.2, 0.25) is 5.02 Å². The van der Waals surface area contributed by atoms with E-state index in [1.165, 1.54) is 5.56 Å². The fourth-order valence-corrected chi connectivity index (χ4v) is 4.81. The van der Waals surface area contributed by atoms with E-state index < -0.39 is 6.04 Å². The summed E-state index contributed by atoms with van der Waals surface area (Å²) in [5.74, 6) is 1.14. The Morgan fingerprint density at radius 1 is 0.886 bits per heavy atom. The molecular formula is C29H33ClN2O2S. The van der Waals surface area contributed by atoms with Crippen LogP contribution in [0.3, 0.4) is 0 Å². The lowest BCUT2D eigenvalue weighted by Gasteiger charge is -2.32. The normalized spacial score (nSPS) is 11.8. The minimum Gasteiger partial charge on any atom is -0.354 e. The van der Waals surface area contributed by atoms with Crippen LogP contribution in [-0.4, -0.2) is 35.1 Å². The van der Waals surface area contributed by atoms with Crippen molar-refractivity contribution in [1.29, 1.82) is 0 Å². The first-order valence-corrected chi connectivity index (χ1v) is 13.4. The number of amides is 2. The Morgan fingerprint density at radius 2 is 1.51 bits per heavy atom. The van der Waals surface area contributed by atoms with E-state index in [9.17, 15) is 9.59 Å². The average Bonchev–Trinajstić information content (AvgIpc) is 2.86. The van der Waals surface area contributed by atoms with Crippen molar-refractivity contribution in [3.63, 3.8) is 0 Å². The molecule has 2 amide bonds. The highest BCUT2D eigenvalue weighted by Gasteiger charge is 2.30. The van der Waals surface area contributed by atoms with Gasteiger partial charge in [0.05, 0.1) is 5.75 Å². The van der Waals surface area contributed by atoms with Crippen molar-refractivity contribution in [2.45, 2.75) is 38.6 Å². The molecule has 0 spiro atoms. The highest BCUT2D eigenvalue weighted by atomic mass is 35.5. The van der Waals surface area contributed by atoms with Gasteiger partial charge in [0.25, 0.3) is 0 Å². The highest BCUT2D eigenvalue weighted by molar-refractivity contribution is 7.99. The van der Waals surface area contributed by atoms with Gasteiger partial charge in [-0.2, -0.15) is 0 Å². The molecule has 184 valence electrons. The van der Waals surface area contributed by atoms with Crippen LogP contribution in [0.1, 0.15) is 30.5 Å². The first kappa shape index (κ1) is 26.8. The van der Waals surface area contributed by atoms with Gasteiger partial charge in [-0.05, 0) is 34.7 Å². The molecule has 0 heterocycles. The van der Waals surface area contributed by atoms with Gasteiger partial charge in [0.15, 0.2) is 0 Å². The summed E-state index contributed by atoms with van der Waals surface area (Å²) in [5, 5.41) is 3.66. The molecule has 0 aliphatic carbocycles. The van der Waals surface area contributed by atoms with Gasteiger partial charge in [-0.1, -0.05) is 98.2 Å². The van der Waals surface area contributed by atoms with Gasteiger partial charge in [0, 0.05) is 30.3 Å². The monoisotopic (exact) mass is 508 g/mol. The van der Waals surface area contributed by atoms with E-state index in [2.05, 4.69) is 31.3 Å². The molecule has 0 saturated heterocycles. The summed E-state index contributed by atoms with van der Waals surface area (Å²) in [6, 6.07) is 26.8. The Hall–Kier alpha value is -2.76. The molecule has 0 radical (unpaired) electrons. The third-order valence-electron chi connectivity index (χ3n) is 5.53. The molecule has 0 fully saturated rings. The fourth-order valence-electron chi connectivity index (χ4n) is 3.72. The molecule has 3 aromatic rings. The second-order valence-electron chi connectivity index (χ2n) is 8.97. The minimum absolute atomic E-state index is 0.0634. The largest absolute Gasteiger partial charge is 0.354 e. The standard InChI is InChI=1S/C29H33ClN2O2S/c1-22(2)18-31-29(34)27(17-23-10-5-3-6-11-23)32(19-25-14-9-15-26(30)16-25)28(33)21-35-20-24-12-7-4-8-13-24/h3-16,22,27H,17-21H2,1-2H3,(H,31,34)/t27-/m0/s1. The molecule has 0 aliphatic heterocycles. The summed E-state index contributed by atoms with van der Waals surface area (Å²) in [6.45, 7) is 4.99. The van der Waals surface area contributed by atoms with E-state index in [0.717, 1.165) is 16.9 Å². The highest BCUT2D eigenvalue weighted by Crippen LogP contribution is 2.20. The molecule has 1 N–H and O–H groups in total. The Bertz CT molecular complexity index is 1080. The van der Waals surface area contributed by atoms with Crippen LogP contribution in [0.5, 0.6) is 0 Å². The Labute approximate surface area is 218 Å². The first-order chi connectivity index (χ1) is 16.9. The SMILES string of the molecule is CC(C)CNC(=O)[C@H](Cc1ccccc1)N(Cc1cccc(Cl)c1)C(=O)CSCc1ccccc1. The van der Waals surface area contributed by atoms with Gasteiger partial charge in [-0.25, -0.2) is 0 Å². The molecule has 6 heteroatoms. The summed E-state index contributed by atoms with van der Waals surface area (Å²) in [4.78, 5) is 28.7. The number of nitrogens with zero attached hydrogens (tertiary/aromatic N) is 1. The van der Waals surface area contributed by atoms with Crippen molar-refractivity contribution < 1.29 is 9.59 Å². The van der Waals surface area contributed by atoms with Crippen molar-refractivity contribution >= 4 is 35.2 Å². The minimum atomic E-state index is -0.625. The Balaban J connectivity index is 1.84. The molecule has 0 bridgehead atoms. The fraction of sp³-hybridized carbons (Fsp3) is 0.310. The van der Waals surface area contributed by atoms with Crippen LogP contribution < -0.4 is 5.32 Å². The van der Waals surface area contributed by atoms with Crippen LogP contribution >= 0.6 is 23.4 Å². The van der Waals surface area contributed by atoms with Crippen LogP contribution in [0, 0.1) is 5.92 Å². The molecule has 1 atom stereocenters. The molecule has 0 aromatic heterocycles. The molecule has 35 heavy (non-hydrogen) atoms. The van der Waals surface area contributed by atoms with Crippen molar-refractivity contribution in [2.75, 3.05) is 12.3 Å². The summed E-state index contributed by atoms with van der Waals surface area (Å²) in [7, 11) is 0. The average molecular weight is 509 g/mol. The number of carbonyl (C=O) groups is 2. The smallest absolute Gasteiger partial charge is 0.243 e. The molecule has 3 rings (SSSR count). The second kappa shape index (κ2) is 14.0. The van der Waals surface area contributed by atoms with Crippen molar-refractivity contribution in [1.82, 2.24) is 10.2 Å². The predicted molar refractivity (Wildman–Crippen MR) is 146 cm³/mol. The maximum absolute atomic E-state index is 13.6. The van der Waals surface area contributed by atoms with Gasteiger partial charge in [-0.15, -0.1) is 11.8 Å². The Morgan fingerprint density at radius 3 is 2.14 bits per heavy atom. The molecule has 0 saturated carbocycles. The number of benzene rings is 3. The summed E-state index contributed by atoms with van der Waals surface area (Å²) >= 11 is 7.79. The zero-order valence-electron chi connectivity index (χ0n) is 20.3. The number of carbonyl (C=O) groups excluding carboxylic acids is 2. The maximum atomic E-state index is 13.6. The van der Waals surface area contributed by atoms with E-state index >= 15 is 0 Å². The predicted octanol–water partition coefficient (Wildman–Crippen LogP) is 5.99. The second-order valence-corrected chi connectivity index (χ2v) is 10.4. The van der Waals surface area contributed by atoms with E-state index in [1.54, 1.807) is 16.7 Å². The van der Waals surface area contributed by atoms with Crippen LogP contribution in [0.4, 0.5) is 0 Å². The third kappa shape index (κ3) is 9.08. The summed E-state index contributed by atoms with van der Waals surface area (Å²) in [6.07, 6.45) is 0.445. The molecule has 3 aromatic carbocycles. The number of halogens is 1. The van der Waals surface area contributed by atoms with E-state index in [1.807, 2.05) is 72.8 Å². The van der Waals surface area contributed by atoms with Crippen LogP contribution in [0.15, 0.2) is 84.9 Å². The number of thioether (sulfide) groups is 1. The third-order valence-corrected chi connectivity index (χ3v) is 6.76. The van der Waals surface area contributed by atoms with Crippen LogP contribution in [0.25, 0.3) is 0 Å². The topological polar surface area (TPSA) is 49.4 Å². The lowest BCUT2D eigenvalue weighted by Crippen LogP contribution is -2.51. The number of rotatable bonds is 12. The van der Waals surface area contributed by atoms with Crippen molar-refractivity contribution in [3.8, 4) is 0 Å². The summed E-state index contributed by atoms with van der Waals surface area (Å²) < 4.78 is 0. The maximum Gasteiger partial charge on any atom is 0.243 e. The quantitative estimate of drug-likeness (QED) is 0.327. The van der Waals surface area contributed by atoms with Crippen LogP contribution in [-0.2, 0) is 28.3 Å². The number of nitrogens with one attached hydrogen (secondary N) is 1. The Kier molecular flexibility index (Phi) is 10.7. The zero-order chi connectivity index (χ0) is 25.0. The van der Waals surface area contributed by atoms with E-state index in [-0.39, 0.29) is 17.6 Å². The van der Waals surface area contributed by atoms with E-state index in [4.69, 9.17) is 11.6 Å². The lowest BCUT2D eigenvalue weighted by molar-refractivity contribution is -0.139. The molecule has 0 aliphatic rings. The van der Waals surface area contributed by atoms with Crippen molar-refractivity contribution in [3.05, 3.63) is 107 Å². The van der Waals surface area contributed by atoms with Gasteiger partial charge in [-0.3, -0.25) is 9.59 Å². The van der Waals surface area contributed by atoms with E-state index in [0.29, 0.717) is 30.5 Å². The molecule has 0 unspecified atom stereocenters.